The molecule has 0 amide bonds. The van der Waals surface area contributed by atoms with Gasteiger partial charge >= 0.3 is 0 Å². The molecule has 0 heterocycles. The van der Waals surface area contributed by atoms with Crippen molar-refractivity contribution in [3.05, 3.63) is 10.4 Å². The molecule has 80 valence electrons. The van der Waals surface area contributed by atoms with Crippen molar-refractivity contribution in [1.82, 2.24) is 0 Å². The lowest BCUT2D eigenvalue weighted by Gasteiger charge is -2.21. The second-order valence-electron chi connectivity index (χ2n) is 3.58. The van der Waals surface area contributed by atoms with Crippen LogP contribution < -0.4 is 0 Å². The molecule has 0 atom stereocenters. The highest BCUT2D eigenvalue weighted by Crippen LogP contribution is 2.24. The SMILES string of the molecule is [N-]=[N+]=NCCS(=O)(=O)C1CCCCC1. The van der Waals surface area contributed by atoms with E-state index in [4.69, 9.17) is 5.53 Å². The Morgan fingerprint density at radius 3 is 2.50 bits per heavy atom. The molecule has 0 spiro atoms. The average Bonchev–Trinajstić information content (AvgIpc) is 2.19. The Kier molecular flexibility index (Phi) is 4.22. The van der Waals surface area contributed by atoms with Crippen molar-refractivity contribution < 1.29 is 8.42 Å². The molecule has 1 aliphatic carbocycles. The maximum atomic E-state index is 11.7. The number of hydrogen-bond acceptors (Lipinski definition) is 3. The van der Waals surface area contributed by atoms with Gasteiger partial charge in [0.2, 0.25) is 0 Å². The lowest BCUT2D eigenvalue weighted by atomic mass is 10.0. The molecule has 0 saturated heterocycles. The number of nitrogens with zero attached hydrogens (tertiary/aromatic N) is 3. The first-order valence-corrected chi connectivity index (χ1v) is 6.61. The highest BCUT2D eigenvalue weighted by molar-refractivity contribution is 7.92. The van der Waals surface area contributed by atoms with Crippen LogP contribution >= 0.6 is 0 Å². The van der Waals surface area contributed by atoms with Crippen LogP contribution in [0.4, 0.5) is 0 Å². The van der Waals surface area contributed by atoms with Crippen LogP contribution in [0.25, 0.3) is 10.4 Å². The summed E-state index contributed by atoms with van der Waals surface area (Å²) in [4.78, 5) is 2.54. The van der Waals surface area contributed by atoms with Gasteiger partial charge in [-0.3, -0.25) is 0 Å². The summed E-state index contributed by atoms with van der Waals surface area (Å²) < 4.78 is 23.4. The summed E-state index contributed by atoms with van der Waals surface area (Å²) in [5, 5.41) is 3.06. The van der Waals surface area contributed by atoms with Gasteiger partial charge in [-0.25, -0.2) is 8.42 Å². The molecule has 0 unspecified atom stereocenters. The first-order valence-electron chi connectivity index (χ1n) is 4.89. The summed E-state index contributed by atoms with van der Waals surface area (Å²) in [6, 6.07) is 0. The fourth-order valence-corrected chi connectivity index (χ4v) is 3.52. The summed E-state index contributed by atoms with van der Waals surface area (Å²) in [5.41, 5.74) is 8.04. The zero-order chi connectivity index (χ0) is 10.4. The monoisotopic (exact) mass is 217 g/mol. The van der Waals surface area contributed by atoms with Crippen molar-refractivity contribution in [2.75, 3.05) is 12.3 Å². The first-order chi connectivity index (χ1) is 6.67. The van der Waals surface area contributed by atoms with Crippen LogP contribution in [0.2, 0.25) is 0 Å². The minimum absolute atomic E-state index is 0.00171. The Morgan fingerprint density at radius 1 is 1.29 bits per heavy atom. The summed E-state index contributed by atoms with van der Waals surface area (Å²) in [5.74, 6) is 0.00171. The van der Waals surface area contributed by atoms with Gasteiger partial charge < -0.3 is 0 Å². The minimum atomic E-state index is -3.02. The maximum absolute atomic E-state index is 11.7. The van der Waals surface area contributed by atoms with E-state index >= 15 is 0 Å². The van der Waals surface area contributed by atoms with E-state index in [9.17, 15) is 8.42 Å². The molecule has 1 aliphatic rings. The van der Waals surface area contributed by atoms with Gasteiger partial charge in [0.1, 0.15) is 0 Å². The molecule has 0 aromatic carbocycles. The summed E-state index contributed by atoms with van der Waals surface area (Å²) in [6.07, 6.45) is 4.70. The highest BCUT2D eigenvalue weighted by atomic mass is 32.2. The third-order valence-electron chi connectivity index (χ3n) is 2.60. The lowest BCUT2D eigenvalue weighted by Crippen LogP contribution is -2.27. The molecule has 14 heavy (non-hydrogen) atoms. The standard InChI is InChI=1S/C8H15N3O2S/c9-11-10-6-7-14(12,13)8-4-2-1-3-5-8/h8H,1-7H2. The van der Waals surface area contributed by atoms with Crippen LogP contribution in [0.5, 0.6) is 0 Å². The molecule has 1 fully saturated rings. The van der Waals surface area contributed by atoms with Crippen LogP contribution in [-0.2, 0) is 9.84 Å². The van der Waals surface area contributed by atoms with Crippen molar-refractivity contribution in [3.63, 3.8) is 0 Å². The van der Waals surface area contributed by atoms with Gasteiger partial charge in [-0.1, -0.05) is 24.4 Å². The first kappa shape index (κ1) is 11.3. The van der Waals surface area contributed by atoms with E-state index < -0.39 is 9.84 Å². The topological polar surface area (TPSA) is 82.9 Å². The van der Waals surface area contributed by atoms with Gasteiger partial charge in [-0.05, 0) is 18.4 Å². The van der Waals surface area contributed by atoms with E-state index in [2.05, 4.69) is 10.0 Å². The summed E-state index contributed by atoms with van der Waals surface area (Å²) in [6.45, 7) is 0.0648. The van der Waals surface area contributed by atoms with Crippen molar-refractivity contribution >= 4 is 9.84 Å². The Hall–Kier alpha value is -0.740. The molecule has 0 N–H and O–H groups in total. The van der Waals surface area contributed by atoms with E-state index in [0.29, 0.717) is 0 Å². The molecule has 5 nitrogen and oxygen atoms in total. The molecule has 1 saturated carbocycles. The fraction of sp³-hybridized carbons (Fsp3) is 1.00. The van der Waals surface area contributed by atoms with Crippen molar-refractivity contribution in [2.45, 2.75) is 37.4 Å². The van der Waals surface area contributed by atoms with Gasteiger partial charge in [-0.15, -0.1) is 0 Å². The zero-order valence-electron chi connectivity index (χ0n) is 8.09. The van der Waals surface area contributed by atoms with Gasteiger partial charge in [0.15, 0.2) is 9.84 Å². The van der Waals surface area contributed by atoms with Crippen LogP contribution in [0.1, 0.15) is 32.1 Å². The van der Waals surface area contributed by atoms with Crippen molar-refractivity contribution in [2.24, 2.45) is 5.11 Å². The predicted molar refractivity (Wildman–Crippen MR) is 54.7 cm³/mol. The zero-order valence-corrected chi connectivity index (χ0v) is 8.91. The highest BCUT2D eigenvalue weighted by Gasteiger charge is 2.26. The number of sulfone groups is 1. The smallest absolute Gasteiger partial charge is 0.153 e. The normalized spacial score (nSPS) is 18.9. The molecule has 6 heteroatoms. The largest absolute Gasteiger partial charge is 0.229 e. The fourth-order valence-electron chi connectivity index (χ4n) is 1.80. The van der Waals surface area contributed by atoms with Gasteiger partial charge in [0, 0.05) is 11.5 Å². The van der Waals surface area contributed by atoms with Crippen LogP contribution in [0.3, 0.4) is 0 Å². The van der Waals surface area contributed by atoms with Gasteiger partial charge in [0.05, 0.1) is 11.0 Å². The quantitative estimate of drug-likeness (QED) is 0.410. The second kappa shape index (κ2) is 5.22. The minimum Gasteiger partial charge on any atom is -0.229 e. The van der Waals surface area contributed by atoms with Crippen LogP contribution in [0.15, 0.2) is 5.11 Å². The molecule has 0 radical (unpaired) electrons. The number of rotatable bonds is 4. The maximum Gasteiger partial charge on any atom is 0.153 e. The van der Waals surface area contributed by atoms with Crippen molar-refractivity contribution in [1.29, 1.82) is 0 Å². The third kappa shape index (κ3) is 3.20. The molecule has 0 bridgehead atoms. The van der Waals surface area contributed by atoms with Crippen LogP contribution in [0, 0.1) is 0 Å². The Bertz CT molecular complexity index is 313. The molecule has 0 aromatic rings. The van der Waals surface area contributed by atoms with E-state index in [-0.39, 0.29) is 17.5 Å². The van der Waals surface area contributed by atoms with Crippen LogP contribution in [-0.4, -0.2) is 26.0 Å². The van der Waals surface area contributed by atoms with Gasteiger partial charge in [0.25, 0.3) is 0 Å². The molecular formula is C8H15N3O2S. The Labute approximate surface area is 84.0 Å². The number of azide groups is 1. The lowest BCUT2D eigenvalue weighted by molar-refractivity contribution is 0.484. The predicted octanol–water partition coefficient (Wildman–Crippen LogP) is 2.04. The Balaban J connectivity index is 2.50. The summed E-state index contributed by atoms with van der Waals surface area (Å²) >= 11 is 0. The number of hydrogen-bond donors (Lipinski definition) is 0. The van der Waals surface area contributed by atoms with E-state index in [1.165, 1.54) is 0 Å². The van der Waals surface area contributed by atoms with Crippen molar-refractivity contribution in [3.8, 4) is 0 Å². The van der Waals surface area contributed by atoms with E-state index in [0.717, 1.165) is 32.1 Å². The molecular weight excluding hydrogens is 202 g/mol. The third-order valence-corrected chi connectivity index (χ3v) is 4.84. The van der Waals surface area contributed by atoms with Gasteiger partial charge in [-0.2, -0.15) is 0 Å². The second-order valence-corrected chi connectivity index (χ2v) is 5.98. The molecule has 0 aromatic heterocycles. The Morgan fingerprint density at radius 2 is 1.93 bits per heavy atom. The molecule has 0 aliphatic heterocycles. The van der Waals surface area contributed by atoms with E-state index in [1.54, 1.807) is 0 Å². The summed E-state index contributed by atoms with van der Waals surface area (Å²) in [7, 11) is -3.02. The van der Waals surface area contributed by atoms with E-state index in [1.807, 2.05) is 0 Å². The molecule has 1 rings (SSSR count). The average molecular weight is 217 g/mol.